The maximum atomic E-state index is 6.23. The van der Waals surface area contributed by atoms with Gasteiger partial charge in [0.15, 0.2) is 0 Å². The maximum Gasteiger partial charge on any atom is 0.146 e. The molecular formula is C14H16ClN3. The van der Waals surface area contributed by atoms with Crippen molar-refractivity contribution in [2.75, 3.05) is 5.73 Å². The molecule has 0 radical (unpaired) electrons. The van der Waals surface area contributed by atoms with Crippen LogP contribution >= 0.6 is 11.6 Å². The summed E-state index contributed by atoms with van der Waals surface area (Å²) >= 11 is 6.23. The number of halogens is 1. The van der Waals surface area contributed by atoms with Gasteiger partial charge >= 0.3 is 0 Å². The van der Waals surface area contributed by atoms with Crippen LogP contribution in [0.1, 0.15) is 22.3 Å². The van der Waals surface area contributed by atoms with E-state index >= 15 is 0 Å². The Bertz CT molecular complexity index is 595. The van der Waals surface area contributed by atoms with E-state index in [-0.39, 0.29) is 0 Å². The van der Waals surface area contributed by atoms with Crippen LogP contribution < -0.4 is 5.73 Å². The van der Waals surface area contributed by atoms with Crippen molar-refractivity contribution in [1.29, 1.82) is 0 Å². The number of nitrogens with zero attached hydrogens (tertiary/aromatic N) is 2. The lowest BCUT2D eigenvalue weighted by molar-refractivity contribution is 1.16. The fourth-order valence-corrected chi connectivity index (χ4v) is 2.32. The standard InChI is InChI=1S/C14H16ClN3/c1-7-5-8(2)10(4)11(9(7)3)13-12(15)14(16)18-6-17-13/h5-6H,1-4H3,(H2,16,17,18). The van der Waals surface area contributed by atoms with Gasteiger partial charge in [0.25, 0.3) is 0 Å². The van der Waals surface area contributed by atoms with Crippen molar-refractivity contribution < 1.29 is 0 Å². The molecule has 0 atom stereocenters. The zero-order valence-corrected chi connectivity index (χ0v) is 11.8. The van der Waals surface area contributed by atoms with Gasteiger partial charge in [-0.1, -0.05) is 17.7 Å². The first kappa shape index (κ1) is 12.8. The van der Waals surface area contributed by atoms with Crippen LogP contribution in [0.2, 0.25) is 5.02 Å². The van der Waals surface area contributed by atoms with E-state index in [0.29, 0.717) is 16.5 Å². The normalized spacial score (nSPS) is 10.7. The van der Waals surface area contributed by atoms with Crippen LogP contribution in [0.3, 0.4) is 0 Å². The molecule has 0 saturated carbocycles. The van der Waals surface area contributed by atoms with Crippen molar-refractivity contribution in [3.8, 4) is 11.3 Å². The van der Waals surface area contributed by atoms with Crippen LogP contribution in [0.15, 0.2) is 12.4 Å². The Morgan fingerprint density at radius 3 is 2.11 bits per heavy atom. The van der Waals surface area contributed by atoms with Crippen LogP contribution in [0, 0.1) is 27.7 Å². The van der Waals surface area contributed by atoms with Gasteiger partial charge in [0.1, 0.15) is 17.2 Å². The molecule has 0 aliphatic carbocycles. The quantitative estimate of drug-likeness (QED) is 0.853. The van der Waals surface area contributed by atoms with Gasteiger partial charge in [-0.25, -0.2) is 9.97 Å². The molecule has 1 aromatic carbocycles. The molecule has 0 unspecified atom stereocenters. The topological polar surface area (TPSA) is 51.8 Å². The number of hydrogen-bond acceptors (Lipinski definition) is 3. The molecule has 2 aromatic rings. The van der Waals surface area contributed by atoms with Crippen molar-refractivity contribution >= 4 is 17.4 Å². The molecule has 0 aliphatic heterocycles. The van der Waals surface area contributed by atoms with Gasteiger partial charge < -0.3 is 5.73 Å². The number of aryl methyl sites for hydroxylation is 2. The van der Waals surface area contributed by atoms with Gasteiger partial charge in [-0.05, 0) is 49.9 Å². The Kier molecular flexibility index (Phi) is 3.26. The van der Waals surface area contributed by atoms with E-state index in [1.807, 2.05) is 0 Å². The minimum absolute atomic E-state index is 0.319. The van der Waals surface area contributed by atoms with E-state index < -0.39 is 0 Å². The van der Waals surface area contributed by atoms with Gasteiger partial charge in [-0.2, -0.15) is 0 Å². The summed E-state index contributed by atoms with van der Waals surface area (Å²) < 4.78 is 0. The summed E-state index contributed by atoms with van der Waals surface area (Å²) in [6, 6.07) is 2.17. The predicted molar refractivity (Wildman–Crippen MR) is 75.8 cm³/mol. The Hall–Kier alpha value is -1.61. The number of benzene rings is 1. The molecule has 0 saturated heterocycles. The third kappa shape index (κ3) is 1.95. The number of nitrogens with two attached hydrogens (primary N) is 1. The summed E-state index contributed by atoms with van der Waals surface area (Å²) in [5.41, 5.74) is 12.3. The highest BCUT2D eigenvalue weighted by Gasteiger charge is 2.16. The van der Waals surface area contributed by atoms with E-state index in [4.69, 9.17) is 17.3 Å². The van der Waals surface area contributed by atoms with Gasteiger partial charge in [0.05, 0.1) is 5.69 Å². The zero-order valence-electron chi connectivity index (χ0n) is 11.0. The minimum Gasteiger partial charge on any atom is -0.382 e. The van der Waals surface area contributed by atoms with Gasteiger partial charge in [-0.3, -0.25) is 0 Å². The molecule has 2 N–H and O–H groups in total. The Balaban J connectivity index is 2.83. The number of aromatic nitrogens is 2. The highest BCUT2D eigenvalue weighted by atomic mass is 35.5. The zero-order chi connectivity index (χ0) is 13.4. The maximum absolute atomic E-state index is 6.23. The lowest BCUT2D eigenvalue weighted by Gasteiger charge is -2.16. The van der Waals surface area contributed by atoms with E-state index in [2.05, 4.69) is 43.7 Å². The fourth-order valence-electron chi connectivity index (χ4n) is 2.13. The molecular weight excluding hydrogens is 246 g/mol. The van der Waals surface area contributed by atoms with E-state index in [0.717, 1.165) is 5.56 Å². The fraction of sp³-hybridized carbons (Fsp3) is 0.286. The van der Waals surface area contributed by atoms with Gasteiger partial charge in [-0.15, -0.1) is 0 Å². The summed E-state index contributed by atoms with van der Waals surface area (Å²) in [5.74, 6) is 0.319. The minimum atomic E-state index is 0.319. The van der Waals surface area contributed by atoms with Crippen molar-refractivity contribution in [3.05, 3.63) is 39.7 Å². The number of rotatable bonds is 1. The monoisotopic (exact) mass is 261 g/mol. The summed E-state index contributed by atoms with van der Waals surface area (Å²) in [6.07, 6.45) is 1.45. The number of nitrogen functional groups attached to an aromatic ring is 1. The van der Waals surface area contributed by atoms with Crippen LogP contribution in [-0.4, -0.2) is 9.97 Å². The number of anilines is 1. The van der Waals surface area contributed by atoms with Crippen LogP contribution in [0.5, 0.6) is 0 Å². The first-order valence-electron chi connectivity index (χ1n) is 5.77. The Morgan fingerprint density at radius 1 is 1.00 bits per heavy atom. The average Bonchev–Trinajstić information content (AvgIpc) is 2.32. The molecule has 2 rings (SSSR count). The summed E-state index contributed by atoms with van der Waals surface area (Å²) in [7, 11) is 0. The van der Waals surface area contributed by atoms with Gasteiger partial charge in [0, 0.05) is 5.56 Å². The van der Waals surface area contributed by atoms with E-state index in [9.17, 15) is 0 Å². The van der Waals surface area contributed by atoms with E-state index in [1.54, 1.807) is 0 Å². The molecule has 0 aliphatic rings. The summed E-state index contributed by atoms with van der Waals surface area (Å²) in [5, 5.41) is 0.425. The SMILES string of the molecule is Cc1cc(C)c(C)c(-c2ncnc(N)c2Cl)c1C. The van der Waals surface area contributed by atoms with Crippen molar-refractivity contribution in [1.82, 2.24) is 9.97 Å². The van der Waals surface area contributed by atoms with Crippen LogP contribution in [0.4, 0.5) is 5.82 Å². The molecule has 94 valence electrons. The molecule has 1 aromatic heterocycles. The average molecular weight is 262 g/mol. The van der Waals surface area contributed by atoms with Crippen molar-refractivity contribution in [2.45, 2.75) is 27.7 Å². The van der Waals surface area contributed by atoms with Crippen molar-refractivity contribution in [2.24, 2.45) is 0 Å². The predicted octanol–water partition coefficient (Wildman–Crippen LogP) is 3.61. The van der Waals surface area contributed by atoms with Gasteiger partial charge in [0.2, 0.25) is 0 Å². The third-order valence-electron chi connectivity index (χ3n) is 3.42. The molecule has 0 bridgehead atoms. The smallest absolute Gasteiger partial charge is 0.146 e. The second-order valence-corrected chi connectivity index (χ2v) is 4.93. The second-order valence-electron chi connectivity index (χ2n) is 4.56. The Morgan fingerprint density at radius 2 is 1.56 bits per heavy atom. The second kappa shape index (κ2) is 4.58. The lowest BCUT2D eigenvalue weighted by Crippen LogP contribution is -2.00. The molecule has 0 fully saturated rings. The molecule has 18 heavy (non-hydrogen) atoms. The Labute approximate surface area is 112 Å². The molecule has 1 heterocycles. The molecule has 3 nitrogen and oxygen atoms in total. The largest absolute Gasteiger partial charge is 0.382 e. The molecule has 4 heteroatoms. The third-order valence-corrected chi connectivity index (χ3v) is 3.79. The van der Waals surface area contributed by atoms with E-state index in [1.165, 1.54) is 28.6 Å². The highest BCUT2D eigenvalue weighted by molar-refractivity contribution is 6.35. The lowest BCUT2D eigenvalue weighted by atomic mass is 9.92. The van der Waals surface area contributed by atoms with Crippen molar-refractivity contribution in [3.63, 3.8) is 0 Å². The summed E-state index contributed by atoms with van der Waals surface area (Å²) in [4.78, 5) is 8.19. The molecule has 0 amide bonds. The highest BCUT2D eigenvalue weighted by Crippen LogP contribution is 2.35. The first-order chi connectivity index (χ1) is 8.43. The first-order valence-corrected chi connectivity index (χ1v) is 6.15. The van der Waals surface area contributed by atoms with Crippen LogP contribution in [-0.2, 0) is 0 Å². The molecule has 0 spiro atoms. The summed E-state index contributed by atoms with van der Waals surface area (Å²) in [6.45, 7) is 8.32. The van der Waals surface area contributed by atoms with Crippen LogP contribution in [0.25, 0.3) is 11.3 Å². The number of hydrogen-bond donors (Lipinski definition) is 1.